The van der Waals surface area contributed by atoms with Gasteiger partial charge in [-0.2, -0.15) is 11.8 Å². The fourth-order valence-corrected chi connectivity index (χ4v) is 5.88. The molecule has 32 heavy (non-hydrogen) atoms. The molecule has 170 valence electrons. The Morgan fingerprint density at radius 1 is 1.06 bits per heavy atom. The molecule has 0 aromatic heterocycles. The van der Waals surface area contributed by atoms with Crippen LogP contribution in [0.3, 0.4) is 0 Å². The van der Waals surface area contributed by atoms with Gasteiger partial charge in [-0.05, 0) is 41.7 Å². The average molecular weight is 472 g/mol. The number of thioether (sulfide) groups is 1. The Morgan fingerprint density at radius 2 is 1.81 bits per heavy atom. The number of carbonyl (C=O) groups is 2. The summed E-state index contributed by atoms with van der Waals surface area (Å²) in [4.78, 5) is 31.3. The maximum atomic E-state index is 13.0. The number of hydrogen-bond donors (Lipinski definition) is 0. The maximum absolute atomic E-state index is 13.0. The lowest BCUT2D eigenvalue weighted by Crippen LogP contribution is -2.43. The number of carbonyl (C=O) groups excluding carboxylic acids is 2. The third-order valence-electron chi connectivity index (χ3n) is 6.24. The van der Waals surface area contributed by atoms with Gasteiger partial charge in [0.05, 0.1) is 0 Å². The van der Waals surface area contributed by atoms with Crippen LogP contribution in [0.4, 0.5) is 10.5 Å². The van der Waals surface area contributed by atoms with Crippen molar-refractivity contribution >= 4 is 41.0 Å². The SMILES string of the molecule is CC(C)c1ccc(N2CCN(CC(=O)N3CCSC(c4ccccc4Cl)CC3)C2=O)cc1. The van der Waals surface area contributed by atoms with E-state index in [0.29, 0.717) is 37.3 Å². The molecule has 0 saturated carbocycles. The quantitative estimate of drug-likeness (QED) is 0.585. The van der Waals surface area contributed by atoms with E-state index < -0.39 is 0 Å². The minimum Gasteiger partial charge on any atom is -0.340 e. The molecule has 2 heterocycles. The Morgan fingerprint density at radius 3 is 2.53 bits per heavy atom. The molecule has 1 atom stereocenters. The molecule has 3 amide bonds. The fraction of sp³-hybridized carbons (Fsp3) is 0.440. The maximum Gasteiger partial charge on any atom is 0.325 e. The van der Waals surface area contributed by atoms with Gasteiger partial charge in [0.2, 0.25) is 5.91 Å². The largest absolute Gasteiger partial charge is 0.340 e. The molecule has 0 N–H and O–H groups in total. The Balaban J connectivity index is 1.34. The van der Waals surface area contributed by atoms with E-state index in [0.717, 1.165) is 28.4 Å². The summed E-state index contributed by atoms with van der Waals surface area (Å²) >= 11 is 8.23. The molecule has 1 unspecified atom stereocenters. The van der Waals surface area contributed by atoms with Crippen molar-refractivity contribution in [1.29, 1.82) is 0 Å². The number of urea groups is 1. The number of anilines is 1. The average Bonchev–Trinajstić information content (AvgIpc) is 2.99. The molecule has 2 saturated heterocycles. The van der Waals surface area contributed by atoms with E-state index in [1.807, 2.05) is 47.0 Å². The molecular weight excluding hydrogens is 442 g/mol. The van der Waals surface area contributed by atoms with Gasteiger partial charge in [-0.3, -0.25) is 9.69 Å². The molecule has 2 aromatic rings. The summed E-state index contributed by atoms with van der Waals surface area (Å²) in [5.41, 5.74) is 3.28. The van der Waals surface area contributed by atoms with Crippen LogP contribution in [0.15, 0.2) is 48.5 Å². The second kappa shape index (κ2) is 10.2. The van der Waals surface area contributed by atoms with Crippen molar-refractivity contribution in [2.45, 2.75) is 31.4 Å². The number of hydrogen-bond acceptors (Lipinski definition) is 3. The smallest absolute Gasteiger partial charge is 0.325 e. The van der Waals surface area contributed by atoms with Crippen LogP contribution in [-0.2, 0) is 4.79 Å². The van der Waals surface area contributed by atoms with Crippen molar-refractivity contribution in [2.75, 3.05) is 43.4 Å². The monoisotopic (exact) mass is 471 g/mol. The third-order valence-corrected chi connectivity index (χ3v) is 7.89. The lowest BCUT2D eigenvalue weighted by atomic mass is 10.0. The van der Waals surface area contributed by atoms with Crippen LogP contribution < -0.4 is 4.90 Å². The number of amides is 3. The molecule has 2 fully saturated rings. The van der Waals surface area contributed by atoms with Crippen LogP contribution in [0.2, 0.25) is 5.02 Å². The predicted molar refractivity (Wildman–Crippen MR) is 133 cm³/mol. The highest BCUT2D eigenvalue weighted by Gasteiger charge is 2.32. The van der Waals surface area contributed by atoms with Gasteiger partial charge in [0, 0.05) is 47.9 Å². The topological polar surface area (TPSA) is 43.9 Å². The van der Waals surface area contributed by atoms with Gasteiger partial charge < -0.3 is 9.80 Å². The van der Waals surface area contributed by atoms with Crippen molar-refractivity contribution in [3.8, 4) is 0 Å². The Hall–Kier alpha value is -2.18. The summed E-state index contributed by atoms with van der Waals surface area (Å²) in [5.74, 6) is 1.34. The summed E-state index contributed by atoms with van der Waals surface area (Å²) in [6.07, 6.45) is 0.864. The molecule has 0 spiro atoms. The molecule has 0 bridgehead atoms. The van der Waals surface area contributed by atoms with Gasteiger partial charge in [0.15, 0.2) is 0 Å². The second-order valence-corrected chi connectivity index (χ2v) is 10.4. The summed E-state index contributed by atoms with van der Waals surface area (Å²) in [6.45, 7) is 7.01. The van der Waals surface area contributed by atoms with Crippen LogP contribution in [0.5, 0.6) is 0 Å². The van der Waals surface area contributed by atoms with Crippen molar-refractivity contribution in [2.24, 2.45) is 0 Å². The molecule has 7 heteroatoms. The van der Waals surface area contributed by atoms with Crippen LogP contribution in [0, 0.1) is 0 Å². The van der Waals surface area contributed by atoms with Crippen molar-refractivity contribution < 1.29 is 9.59 Å². The summed E-state index contributed by atoms with van der Waals surface area (Å²) in [7, 11) is 0. The van der Waals surface area contributed by atoms with Crippen LogP contribution in [-0.4, -0.2) is 60.2 Å². The molecule has 2 aliphatic heterocycles. The van der Waals surface area contributed by atoms with E-state index in [-0.39, 0.29) is 18.5 Å². The first-order valence-electron chi connectivity index (χ1n) is 11.2. The van der Waals surface area contributed by atoms with Crippen molar-refractivity contribution in [3.63, 3.8) is 0 Å². The van der Waals surface area contributed by atoms with E-state index in [4.69, 9.17) is 11.6 Å². The normalized spacial score (nSPS) is 19.6. The molecule has 0 aliphatic carbocycles. The van der Waals surface area contributed by atoms with Crippen molar-refractivity contribution in [1.82, 2.24) is 9.80 Å². The summed E-state index contributed by atoms with van der Waals surface area (Å²) in [5, 5.41) is 1.08. The van der Waals surface area contributed by atoms with E-state index >= 15 is 0 Å². The molecule has 5 nitrogen and oxygen atoms in total. The van der Waals surface area contributed by atoms with Crippen LogP contribution in [0.1, 0.15) is 42.6 Å². The zero-order chi connectivity index (χ0) is 22.7. The van der Waals surface area contributed by atoms with Crippen LogP contribution >= 0.6 is 23.4 Å². The van der Waals surface area contributed by atoms with E-state index in [1.54, 1.807) is 9.80 Å². The van der Waals surface area contributed by atoms with Gasteiger partial charge in [-0.1, -0.05) is 55.8 Å². The standard InChI is InChI=1S/C25H30ClN3O2S/c1-18(2)19-7-9-20(10-8-19)29-14-13-28(25(29)31)17-24(30)27-12-11-23(32-16-15-27)21-5-3-4-6-22(21)26/h3-10,18,23H,11-17H2,1-2H3. The summed E-state index contributed by atoms with van der Waals surface area (Å²) < 4.78 is 0. The minimum atomic E-state index is -0.0891. The van der Waals surface area contributed by atoms with E-state index in [9.17, 15) is 9.59 Å². The first kappa shape index (κ1) is 23.0. The molecule has 4 rings (SSSR count). The van der Waals surface area contributed by atoms with Gasteiger partial charge in [0.1, 0.15) is 6.54 Å². The molecule has 2 aliphatic rings. The number of halogens is 1. The van der Waals surface area contributed by atoms with Gasteiger partial charge in [-0.15, -0.1) is 0 Å². The Bertz CT molecular complexity index is 966. The predicted octanol–water partition coefficient (Wildman–Crippen LogP) is 5.41. The number of benzene rings is 2. The zero-order valence-corrected chi connectivity index (χ0v) is 20.2. The van der Waals surface area contributed by atoms with Crippen LogP contribution in [0.25, 0.3) is 0 Å². The lowest BCUT2D eigenvalue weighted by Gasteiger charge is -2.24. The van der Waals surface area contributed by atoms with E-state index in [2.05, 4.69) is 32.0 Å². The fourth-order valence-electron chi connectivity index (χ4n) is 4.28. The highest BCUT2D eigenvalue weighted by atomic mass is 35.5. The lowest BCUT2D eigenvalue weighted by molar-refractivity contribution is -0.131. The number of nitrogens with zero attached hydrogens (tertiary/aromatic N) is 3. The number of rotatable bonds is 5. The van der Waals surface area contributed by atoms with Gasteiger partial charge in [-0.25, -0.2) is 4.79 Å². The second-order valence-electron chi connectivity index (χ2n) is 8.65. The third kappa shape index (κ3) is 5.07. The highest BCUT2D eigenvalue weighted by Crippen LogP contribution is 2.37. The summed E-state index contributed by atoms with van der Waals surface area (Å²) in [6, 6.07) is 16.0. The molecular formula is C25H30ClN3O2S. The van der Waals surface area contributed by atoms with E-state index in [1.165, 1.54) is 5.56 Å². The van der Waals surface area contributed by atoms with Gasteiger partial charge in [0.25, 0.3) is 0 Å². The van der Waals surface area contributed by atoms with Crippen molar-refractivity contribution in [3.05, 3.63) is 64.7 Å². The molecule has 0 radical (unpaired) electrons. The Kier molecular flexibility index (Phi) is 7.31. The Labute approximate surface area is 199 Å². The highest BCUT2D eigenvalue weighted by molar-refractivity contribution is 7.99. The first-order valence-corrected chi connectivity index (χ1v) is 12.7. The first-order chi connectivity index (χ1) is 15.4. The zero-order valence-electron chi connectivity index (χ0n) is 18.7. The van der Waals surface area contributed by atoms with Gasteiger partial charge >= 0.3 is 6.03 Å². The molecule has 2 aromatic carbocycles. The minimum absolute atomic E-state index is 0.0239.